The van der Waals surface area contributed by atoms with E-state index in [1.54, 1.807) is 18.3 Å². The summed E-state index contributed by atoms with van der Waals surface area (Å²) in [6.45, 7) is 2.16. The van der Waals surface area contributed by atoms with Gasteiger partial charge in [0.25, 0.3) is 0 Å². The van der Waals surface area contributed by atoms with Gasteiger partial charge in [-0.1, -0.05) is 60.2 Å². The molecule has 2 aromatic carbocycles. The molecule has 1 aromatic heterocycles. The molecule has 132 valence electrons. The first-order chi connectivity index (χ1) is 12.6. The van der Waals surface area contributed by atoms with Gasteiger partial charge < -0.3 is 9.73 Å². The van der Waals surface area contributed by atoms with Gasteiger partial charge >= 0.3 is 0 Å². The SMILES string of the molecule is Cc1ccc(C(=O)CCC(=O)NCc2ncc(-c3ccccc3)o2)cc1. The molecule has 0 saturated heterocycles. The second-order valence-corrected chi connectivity index (χ2v) is 6.05. The van der Waals surface area contributed by atoms with E-state index in [0.29, 0.717) is 17.2 Å². The van der Waals surface area contributed by atoms with Crippen molar-refractivity contribution in [3.8, 4) is 11.3 Å². The van der Waals surface area contributed by atoms with Crippen molar-refractivity contribution >= 4 is 11.7 Å². The maximum atomic E-state index is 12.1. The molecule has 0 aliphatic carbocycles. The number of aromatic nitrogens is 1. The lowest BCUT2D eigenvalue weighted by molar-refractivity contribution is -0.121. The van der Waals surface area contributed by atoms with Gasteiger partial charge in [-0.25, -0.2) is 4.98 Å². The summed E-state index contributed by atoms with van der Waals surface area (Å²) in [5, 5.41) is 2.73. The van der Waals surface area contributed by atoms with E-state index in [1.807, 2.05) is 49.4 Å². The van der Waals surface area contributed by atoms with Crippen LogP contribution in [0, 0.1) is 6.92 Å². The molecule has 0 unspecified atom stereocenters. The second kappa shape index (κ2) is 8.25. The normalized spacial score (nSPS) is 10.5. The number of nitrogens with one attached hydrogen (secondary N) is 1. The minimum absolute atomic E-state index is 0.0392. The molecule has 1 N–H and O–H groups in total. The summed E-state index contributed by atoms with van der Waals surface area (Å²) < 4.78 is 5.63. The van der Waals surface area contributed by atoms with Gasteiger partial charge in [-0.2, -0.15) is 0 Å². The van der Waals surface area contributed by atoms with Crippen LogP contribution in [0.2, 0.25) is 0 Å². The monoisotopic (exact) mass is 348 g/mol. The second-order valence-electron chi connectivity index (χ2n) is 6.05. The Bertz CT molecular complexity index is 883. The average Bonchev–Trinajstić information content (AvgIpc) is 3.15. The molecule has 0 atom stereocenters. The fourth-order valence-electron chi connectivity index (χ4n) is 2.50. The molecule has 5 heteroatoms. The van der Waals surface area contributed by atoms with Crippen LogP contribution in [0.3, 0.4) is 0 Å². The predicted octanol–water partition coefficient (Wildman–Crippen LogP) is 3.93. The summed E-state index contributed by atoms with van der Waals surface area (Å²) in [6, 6.07) is 17.0. The van der Waals surface area contributed by atoms with E-state index < -0.39 is 0 Å². The lowest BCUT2D eigenvalue weighted by Crippen LogP contribution is -2.23. The lowest BCUT2D eigenvalue weighted by atomic mass is 10.1. The van der Waals surface area contributed by atoms with Crippen LogP contribution in [0.5, 0.6) is 0 Å². The summed E-state index contributed by atoms with van der Waals surface area (Å²) >= 11 is 0. The van der Waals surface area contributed by atoms with E-state index in [2.05, 4.69) is 10.3 Å². The summed E-state index contributed by atoms with van der Waals surface area (Å²) in [7, 11) is 0. The van der Waals surface area contributed by atoms with E-state index >= 15 is 0 Å². The fraction of sp³-hybridized carbons (Fsp3) is 0.190. The van der Waals surface area contributed by atoms with Crippen LogP contribution in [0.25, 0.3) is 11.3 Å². The van der Waals surface area contributed by atoms with Gasteiger partial charge in [0.1, 0.15) is 0 Å². The molecule has 0 spiro atoms. The summed E-state index contributed by atoms with van der Waals surface area (Å²) in [5.41, 5.74) is 2.66. The number of aryl methyl sites for hydroxylation is 1. The number of carbonyl (C=O) groups is 2. The quantitative estimate of drug-likeness (QED) is 0.657. The van der Waals surface area contributed by atoms with E-state index in [9.17, 15) is 9.59 Å². The van der Waals surface area contributed by atoms with E-state index in [0.717, 1.165) is 11.1 Å². The van der Waals surface area contributed by atoms with Crippen molar-refractivity contribution in [3.05, 3.63) is 77.8 Å². The summed E-state index contributed by atoms with van der Waals surface area (Å²) in [5.74, 6) is 0.846. The largest absolute Gasteiger partial charge is 0.439 e. The molecule has 1 amide bonds. The summed E-state index contributed by atoms with van der Waals surface area (Å²) in [6.07, 6.45) is 1.95. The van der Waals surface area contributed by atoms with Crippen LogP contribution in [0.1, 0.15) is 34.7 Å². The number of amides is 1. The Labute approximate surface area is 152 Å². The molecule has 0 aliphatic rings. The maximum absolute atomic E-state index is 12.1. The number of hydrogen-bond donors (Lipinski definition) is 1. The molecular weight excluding hydrogens is 328 g/mol. The third kappa shape index (κ3) is 4.66. The van der Waals surface area contributed by atoms with Gasteiger partial charge in [0.15, 0.2) is 11.5 Å². The number of hydrogen-bond acceptors (Lipinski definition) is 4. The van der Waals surface area contributed by atoms with Crippen molar-refractivity contribution in [1.29, 1.82) is 0 Å². The molecule has 0 fully saturated rings. The average molecular weight is 348 g/mol. The third-order valence-electron chi connectivity index (χ3n) is 4.00. The Morgan fingerprint density at radius 3 is 2.46 bits per heavy atom. The van der Waals surface area contributed by atoms with Gasteiger partial charge in [0.2, 0.25) is 11.8 Å². The molecule has 3 rings (SSSR count). The Balaban J connectivity index is 1.46. The van der Waals surface area contributed by atoms with Crippen LogP contribution in [0.15, 0.2) is 65.2 Å². The van der Waals surface area contributed by atoms with Crippen molar-refractivity contribution in [3.63, 3.8) is 0 Å². The number of rotatable bonds is 7. The standard InChI is InChI=1S/C21H20N2O3/c1-15-7-9-16(10-8-15)18(24)11-12-20(25)22-14-21-23-13-19(26-21)17-5-3-2-4-6-17/h2-10,13H,11-12,14H2,1H3,(H,22,25). The molecule has 0 radical (unpaired) electrons. The van der Waals surface area contributed by atoms with Crippen molar-refractivity contribution < 1.29 is 14.0 Å². The number of Topliss-reactive ketones (excluding diaryl/α,β-unsaturated/α-hetero) is 1. The van der Waals surface area contributed by atoms with Gasteiger partial charge in [0.05, 0.1) is 12.7 Å². The highest BCUT2D eigenvalue weighted by molar-refractivity contribution is 5.97. The Morgan fingerprint density at radius 2 is 1.73 bits per heavy atom. The van der Waals surface area contributed by atoms with E-state index in [4.69, 9.17) is 4.42 Å². The van der Waals surface area contributed by atoms with Gasteiger partial charge in [-0.15, -0.1) is 0 Å². The summed E-state index contributed by atoms with van der Waals surface area (Å²) in [4.78, 5) is 28.2. The molecular formula is C21H20N2O3. The number of ketones is 1. The zero-order chi connectivity index (χ0) is 18.4. The van der Waals surface area contributed by atoms with Gasteiger partial charge in [0, 0.05) is 24.0 Å². The molecule has 26 heavy (non-hydrogen) atoms. The van der Waals surface area contributed by atoms with Crippen molar-refractivity contribution in [2.24, 2.45) is 0 Å². The molecule has 0 aliphatic heterocycles. The first-order valence-corrected chi connectivity index (χ1v) is 8.48. The zero-order valence-electron chi connectivity index (χ0n) is 14.6. The topological polar surface area (TPSA) is 72.2 Å². The molecule has 0 saturated carbocycles. The molecule has 0 bridgehead atoms. The maximum Gasteiger partial charge on any atom is 0.220 e. The first kappa shape index (κ1) is 17.6. The number of benzene rings is 2. The molecule has 5 nitrogen and oxygen atoms in total. The Hall–Kier alpha value is -3.21. The minimum atomic E-state index is -0.204. The third-order valence-corrected chi connectivity index (χ3v) is 4.00. The van der Waals surface area contributed by atoms with Crippen molar-refractivity contribution in [2.75, 3.05) is 0 Å². The number of nitrogens with zero attached hydrogens (tertiary/aromatic N) is 1. The highest BCUT2D eigenvalue weighted by Gasteiger charge is 2.11. The lowest BCUT2D eigenvalue weighted by Gasteiger charge is -2.03. The first-order valence-electron chi connectivity index (χ1n) is 8.48. The van der Waals surface area contributed by atoms with E-state index in [-0.39, 0.29) is 31.1 Å². The van der Waals surface area contributed by atoms with Crippen LogP contribution in [0.4, 0.5) is 0 Å². The van der Waals surface area contributed by atoms with Crippen LogP contribution < -0.4 is 5.32 Å². The van der Waals surface area contributed by atoms with Gasteiger partial charge in [-0.05, 0) is 6.92 Å². The van der Waals surface area contributed by atoms with Gasteiger partial charge in [-0.3, -0.25) is 9.59 Å². The molecule has 3 aromatic rings. The highest BCUT2D eigenvalue weighted by Crippen LogP contribution is 2.19. The van der Waals surface area contributed by atoms with Crippen molar-refractivity contribution in [1.82, 2.24) is 10.3 Å². The smallest absolute Gasteiger partial charge is 0.220 e. The van der Waals surface area contributed by atoms with Crippen molar-refractivity contribution in [2.45, 2.75) is 26.3 Å². The molecule has 1 heterocycles. The van der Waals surface area contributed by atoms with Crippen LogP contribution in [-0.2, 0) is 11.3 Å². The Morgan fingerprint density at radius 1 is 1.00 bits per heavy atom. The fourth-order valence-corrected chi connectivity index (χ4v) is 2.50. The Kier molecular flexibility index (Phi) is 5.59. The number of carbonyl (C=O) groups excluding carboxylic acids is 2. The predicted molar refractivity (Wildman–Crippen MR) is 98.5 cm³/mol. The van der Waals surface area contributed by atoms with E-state index in [1.165, 1.54) is 0 Å². The van der Waals surface area contributed by atoms with Crippen LogP contribution >= 0.6 is 0 Å². The number of oxazole rings is 1. The zero-order valence-corrected chi connectivity index (χ0v) is 14.6. The van der Waals surface area contributed by atoms with Crippen LogP contribution in [-0.4, -0.2) is 16.7 Å². The highest BCUT2D eigenvalue weighted by atomic mass is 16.4. The minimum Gasteiger partial charge on any atom is -0.439 e.